The summed E-state index contributed by atoms with van der Waals surface area (Å²) >= 11 is 0. The quantitative estimate of drug-likeness (QED) is 0.149. The maximum atomic E-state index is 14.6. The van der Waals surface area contributed by atoms with Gasteiger partial charge in [0.15, 0.2) is 0 Å². The Kier molecular flexibility index (Phi) is 10.6. The molecule has 4 aromatic carbocycles. The number of para-hydroxylation sites is 1. The SMILES string of the molecule is CC1=CC(C)(c2cc(C(F)(F)F)cc(C(F)(F)F)c2)C(/C=C2/CCN=C2c2ccccc2O)(c2[nH]c(-c3ccc(O)cc3)cc2-c2cc(C(F)(F)F)cc(C(F)(F)F)c2)C(C)=C1. The van der Waals surface area contributed by atoms with Crippen LogP contribution in [-0.4, -0.2) is 27.5 Å². The molecule has 1 aliphatic carbocycles. The fourth-order valence-corrected chi connectivity index (χ4v) is 8.58. The van der Waals surface area contributed by atoms with E-state index in [1.54, 1.807) is 19.1 Å². The van der Waals surface area contributed by atoms with Crippen LogP contribution >= 0.6 is 0 Å². The Balaban J connectivity index is 1.69. The first-order chi connectivity index (χ1) is 28.7. The lowest BCUT2D eigenvalue weighted by molar-refractivity contribution is -0.144. The molecular weight excluding hydrogens is 840 g/mol. The molecule has 62 heavy (non-hydrogen) atoms. The van der Waals surface area contributed by atoms with E-state index in [1.807, 2.05) is 0 Å². The van der Waals surface area contributed by atoms with Crippen LogP contribution in [0.2, 0.25) is 0 Å². The van der Waals surface area contributed by atoms with Gasteiger partial charge < -0.3 is 15.2 Å². The summed E-state index contributed by atoms with van der Waals surface area (Å²) in [6.07, 6.45) is -16.6. The highest BCUT2D eigenvalue weighted by molar-refractivity contribution is 6.15. The smallest absolute Gasteiger partial charge is 0.416 e. The molecule has 2 heterocycles. The van der Waals surface area contributed by atoms with Gasteiger partial charge in [-0.2, -0.15) is 52.7 Å². The predicted octanol–water partition coefficient (Wildman–Crippen LogP) is 13.8. The highest BCUT2D eigenvalue weighted by Gasteiger charge is 2.54. The molecule has 3 N–H and O–H groups in total. The van der Waals surface area contributed by atoms with Crippen molar-refractivity contribution in [3.63, 3.8) is 0 Å². The molecule has 0 saturated carbocycles. The molecule has 0 fully saturated rings. The minimum Gasteiger partial charge on any atom is -0.508 e. The van der Waals surface area contributed by atoms with Crippen molar-refractivity contribution in [1.82, 2.24) is 4.98 Å². The van der Waals surface area contributed by atoms with Gasteiger partial charge in [-0.3, -0.25) is 4.99 Å². The van der Waals surface area contributed by atoms with Crippen LogP contribution in [0, 0.1) is 0 Å². The summed E-state index contributed by atoms with van der Waals surface area (Å²) in [5, 5.41) is 21.0. The molecule has 4 nitrogen and oxygen atoms in total. The first-order valence-electron chi connectivity index (χ1n) is 18.8. The minimum absolute atomic E-state index is 0.0424. The summed E-state index contributed by atoms with van der Waals surface area (Å²) in [5.74, 6) is -0.426. The Labute approximate surface area is 346 Å². The zero-order chi connectivity index (χ0) is 45.4. The van der Waals surface area contributed by atoms with Crippen LogP contribution in [0.1, 0.15) is 66.3 Å². The standard InChI is InChI=1S/C46H34F12N2O2/c1-24-14-25(2)42(23-27-12-13-59-39(27)35-6-4-5-7-38(35)62,41(3,22-24)29-17-32(45(53,54)55)20-33(18-29)46(56,57)58)40-36(21-37(60-40)26-8-10-34(61)11-9-26)28-15-30(43(47,48)49)19-31(16-28)44(50,51)52/h4-11,14-23,60-62H,12-13H2,1-3H3/b27-23-. The van der Waals surface area contributed by atoms with Crippen LogP contribution in [0.15, 0.2) is 131 Å². The summed E-state index contributed by atoms with van der Waals surface area (Å²) in [6.45, 7) is 4.50. The van der Waals surface area contributed by atoms with Gasteiger partial charge in [-0.15, -0.1) is 0 Å². The van der Waals surface area contributed by atoms with E-state index in [-0.39, 0.29) is 76.0 Å². The van der Waals surface area contributed by atoms with E-state index in [2.05, 4.69) is 9.98 Å². The molecular formula is C46H34F12N2O2. The number of alkyl halides is 12. The average molecular weight is 875 g/mol. The second-order valence-corrected chi connectivity index (χ2v) is 15.5. The Bertz CT molecular complexity index is 2630. The highest BCUT2D eigenvalue weighted by Crippen LogP contribution is 2.58. The lowest BCUT2D eigenvalue weighted by atomic mass is 9.52. The molecule has 1 aliphatic heterocycles. The third-order valence-electron chi connectivity index (χ3n) is 11.4. The van der Waals surface area contributed by atoms with Gasteiger partial charge in [0.25, 0.3) is 0 Å². The normalized spacial score (nSPS) is 20.6. The van der Waals surface area contributed by atoms with E-state index in [4.69, 9.17) is 0 Å². The summed E-state index contributed by atoms with van der Waals surface area (Å²) < 4.78 is 175. The van der Waals surface area contributed by atoms with E-state index in [1.165, 1.54) is 74.5 Å². The van der Waals surface area contributed by atoms with Crippen LogP contribution in [0.5, 0.6) is 11.5 Å². The number of nitrogens with zero attached hydrogens (tertiary/aromatic N) is 1. The number of aromatic amines is 1. The van der Waals surface area contributed by atoms with Crippen molar-refractivity contribution < 1.29 is 62.9 Å². The highest BCUT2D eigenvalue weighted by atomic mass is 19.4. The molecule has 7 rings (SSSR count). The maximum Gasteiger partial charge on any atom is 0.416 e. The molecule has 2 unspecified atom stereocenters. The van der Waals surface area contributed by atoms with Crippen LogP contribution in [0.4, 0.5) is 52.7 Å². The number of benzene rings is 4. The number of hydrogen-bond acceptors (Lipinski definition) is 3. The van der Waals surface area contributed by atoms with Crippen molar-refractivity contribution in [1.29, 1.82) is 0 Å². The van der Waals surface area contributed by atoms with Crippen LogP contribution < -0.4 is 0 Å². The molecule has 0 spiro atoms. The monoisotopic (exact) mass is 874 g/mol. The molecule has 0 radical (unpaired) electrons. The van der Waals surface area contributed by atoms with Crippen LogP contribution in [0.3, 0.4) is 0 Å². The van der Waals surface area contributed by atoms with Gasteiger partial charge in [0.1, 0.15) is 11.5 Å². The molecule has 324 valence electrons. The Morgan fingerprint density at radius 1 is 0.645 bits per heavy atom. The lowest BCUT2D eigenvalue weighted by Gasteiger charge is -2.50. The first kappa shape index (κ1) is 43.9. The Morgan fingerprint density at radius 2 is 1.18 bits per heavy atom. The number of nitrogens with one attached hydrogen (secondary N) is 1. The van der Waals surface area contributed by atoms with E-state index in [0.29, 0.717) is 35.4 Å². The second-order valence-electron chi connectivity index (χ2n) is 15.5. The Hall–Kier alpha value is -6.19. The van der Waals surface area contributed by atoms with Crippen molar-refractivity contribution in [2.75, 3.05) is 6.54 Å². The van der Waals surface area contributed by atoms with Gasteiger partial charge >= 0.3 is 24.7 Å². The fourth-order valence-electron chi connectivity index (χ4n) is 8.58. The zero-order valence-corrected chi connectivity index (χ0v) is 32.7. The number of aliphatic imine (C=N–C) groups is 1. The van der Waals surface area contributed by atoms with Crippen molar-refractivity contribution in [3.8, 4) is 33.9 Å². The Morgan fingerprint density at radius 3 is 1.71 bits per heavy atom. The molecule has 16 heteroatoms. The summed E-state index contributed by atoms with van der Waals surface area (Å²) in [5.41, 5.74) is -10.9. The topological polar surface area (TPSA) is 68.6 Å². The number of phenols is 2. The van der Waals surface area contributed by atoms with Crippen molar-refractivity contribution >= 4 is 5.71 Å². The molecule has 1 aromatic heterocycles. The van der Waals surface area contributed by atoms with Gasteiger partial charge in [-0.25, -0.2) is 0 Å². The van der Waals surface area contributed by atoms with Crippen molar-refractivity contribution in [3.05, 3.63) is 165 Å². The van der Waals surface area contributed by atoms with Crippen LogP contribution in [-0.2, 0) is 35.5 Å². The molecule has 0 saturated heterocycles. The van der Waals surface area contributed by atoms with Gasteiger partial charge in [0.2, 0.25) is 0 Å². The van der Waals surface area contributed by atoms with Gasteiger partial charge in [0, 0.05) is 34.5 Å². The number of allylic oxidation sites excluding steroid dienone is 5. The maximum absolute atomic E-state index is 14.6. The third-order valence-corrected chi connectivity index (χ3v) is 11.4. The number of aromatic nitrogens is 1. The molecule has 5 aromatic rings. The third kappa shape index (κ3) is 7.90. The van der Waals surface area contributed by atoms with E-state index in [9.17, 15) is 62.9 Å². The zero-order valence-electron chi connectivity index (χ0n) is 32.7. The fraction of sp³-hybridized carbons (Fsp3) is 0.239. The summed E-state index contributed by atoms with van der Waals surface area (Å²) in [7, 11) is 0. The minimum atomic E-state index is -5.31. The van der Waals surface area contributed by atoms with Crippen LogP contribution in [0.25, 0.3) is 22.4 Å². The molecule has 0 amide bonds. The number of phenolic OH excluding ortho intramolecular Hbond substituents is 2. The second kappa shape index (κ2) is 15.0. The van der Waals surface area contributed by atoms with Gasteiger partial charge in [-0.1, -0.05) is 48.4 Å². The summed E-state index contributed by atoms with van der Waals surface area (Å²) in [4.78, 5) is 7.73. The molecule has 2 aliphatic rings. The first-order valence-corrected chi connectivity index (χ1v) is 18.8. The van der Waals surface area contributed by atoms with E-state index < -0.39 is 68.9 Å². The number of rotatable bonds is 6. The largest absolute Gasteiger partial charge is 0.508 e. The number of aromatic hydroxyl groups is 2. The van der Waals surface area contributed by atoms with E-state index >= 15 is 0 Å². The molecule has 2 atom stereocenters. The summed E-state index contributed by atoms with van der Waals surface area (Å²) in [6, 6.07) is 14.5. The lowest BCUT2D eigenvalue weighted by Crippen LogP contribution is -2.48. The predicted molar refractivity (Wildman–Crippen MR) is 209 cm³/mol. The molecule has 0 bridgehead atoms. The number of halogens is 12. The average Bonchev–Trinajstić information content (AvgIpc) is 3.83. The van der Waals surface area contributed by atoms with Crippen molar-refractivity contribution in [2.45, 2.75) is 62.7 Å². The van der Waals surface area contributed by atoms with Crippen molar-refractivity contribution in [2.24, 2.45) is 4.99 Å². The number of H-pyrrole nitrogens is 1. The van der Waals surface area contributed by atoms with Gasteiger partial charge in [-0.05, 0) is 121 Å². The number of hydrogen-bond donors (Lipinski definition) is 3. The van der Waals surface area contributed by atoms with E-state index in [0.717, 1.165) is 0 Å². The van der Waals surface area contributed by atoms with Gasteiger partial charge in [0.05, 0.1) is 33.4 Å².